The van der Waals surface area contributed by atoms with Gasteiger partial charge in [-0.05, 0) is 111 Å². The van der Waals surface area contributed by atoms with Crippen LogP contribution < -0.4 is 0 Å². The molecule has 7 fully saturated rings. The zero-order valence-electron chi connectivity index (χ0n) is 39.5. The summed E-state index contributed by atoms with van der Waals surface area (Å²) in [5.41, 5.74) is -0.838. The molecule has 0 aromatic rings. The van der Waals surface area contributed by atoms with Gasteiger partial charge in [-0.25, -0.2) is 0 Å². The first kappa shape index (κ1) is 50.9. The average molecular weight is 943 g/mol. The number of fused-ring (bicyclic) bond motifs is 7. The highest BCUT2D eigenvalue weighted by Crippen LogP contribution is 2.76. The molecule has 24 unspecified atom stereocenters. The predicted octanol–water partition coefficient (Wildman–Crippen LogP) is 0.141. The molecular weight excluding hydrogens is 865 g/mol. The van der Waals surface area contributed by atoms with E-state index in [0.29, 0.717) is 25.2 Å². The molecule has 0 spiro atoms. The first-order valence-electron chi connectivity index (χ1n) is 24.3. The minimum Gasteiger partial charge on any atom is -0.432 e. The minimum atomic E-state index is -1.85. The quantitative estimate of drug-likeness (QED) is 0.108. The normalized spacial score (nSPS) is 54.8. The number of hydrogen-bond acceptors (Lipinski definition) is 18. The van der Waals surface area contributed by atoms with E-state index in [2.05, 4.69) is 40.7 Å². The van der Waals surface area contributed by atoms with Crippen LogP contribution in [0.15, 0.2) is 11.6 Å². The number of hydrogen-bond donors (Lipinski definition) is 11. The van der Waals surface area contributed by atoms with Crippen molar-refractivity contribution in [2.45, 2.75) is 211 Å². The van der Waals surface area contributed by atoms with E-state index in [-0.39, 0.29) is 40.1 Å². The van der Waals surface area contributed by atoms with Crippen molar-refractivity contribution in [3.63, 3.8) is 0 Å². The molecule has 4 saturated carbocycles. The number of ether oxygens (including phenoxy) is 6. The molecule has 0 aromatic carbocycles. The first-order valence-corrected chi connectivity index (χ1v) is 24.3. The fourth-order valence-corrected chi connectivity index (χ4v) is 14.8. The van der Waals surface area contributed by atoms with Crippen molar-refractivity contribution in [3.8, 4) is 0 Å². The smallest absolute Gasteiger partial charge is 0.315 e. The Kier molecular flexibility index (Phi) is 13.9. The maximum atomic E-state index is 15.0. The molecule has 0 aromatic heterocycles. The molecule has 66 heavy (non-hydrogen) atoms. The zero-order valence-corrected chi connectivity index (χ0v) is 39.5. The van der Waals surface area contributed by atoms with Gasteiger partial charge < -0.3 is 84.6 Å². The summed E-state index contributed by atoms with van der Waals surface area (Å²) in [6.45, 7) is 13.7. The molecule has 8 aliphatic rings. The van der Waals surface area contributed by atoms with Gasteiger partial charge in [0.1, 0.15) is 67.1 Å². The van der Waals surface area contributed by atoms with Crippen LogP contribution in [0.5, 0.6) is 0 Å². The maximum absolute atomic E-state index is 15.0. The topological polar surface area (TPSA) is 295 Å². The molecule has 8 rings (SSSR count). The molecule has 18 nitrogen and oxygen atoms in total. The molecule has 3 aliphatic heterocycles. The average Bonchev–Trinajstić information content (AvgIpc) is 3.27. The van der Waals surface area contributed by atoms with Gasteiger partial charge in [0.15, 0.2) is 12.6 Å². The third-order valence-electron chi connectivity index (χ3n) is 19.4. The summed E-state index contributed by atoms with van der Waals surface area (Å²) in [4.78, 5) is 15.0. The number of esters is 1. The summed E-state index contributed by atoms with van der Waals surface area (Å²) in [5, 5.41) is 118. The summed E-state index contributed by atoms with van der Waals surface area (Å²) in [6.07, 6.45) is -14.9. The fraction of sp³-hybridized carbons (Fsp3) is 0.938. The van der Waals surface area contributed by atoms with Gasteiger partial charge in [0.25, 0.3) is 0 Å². The molecule has 11 N–H and O–H groups in total. The van der Waals surface area contributed by atoms with Crippen molar-refractivity contribution < 1.29 is 89.4 Å². The Morgan fingerprint density at radius 1 is 0.682 bits per heavy atom. The number of allylic oxidation sites excluding steroid dienone is 2. The van der Waals surface area contributed by atoms with E-state index < -0.39 is 128 Å². The minimum absolute atomic E-state index is 0.0599. The van der Waals surface area contributed by atoms with Gasteiger partial charge in [0.2, 0.25) is 6.29 Å². The lowest BCUT2D eigenvalue weighted by atomic mass is 9.33. The van der Waals surface area contributed by atoms with Crippen molar-refractivity contribution in [1.82, 2.24) is 0 Å². The summed E-state index contributed by atoms with van der Waals surface area (Å²) >= 11 is 0. The Morgan fingerprint density at radius 3 is 2.00 bits per heavy atom. The Morgan fingerprint density at radius 2 is 1.32 bits per heavy atom. The second kappa shape index (κ2) is 18.0. The van der Waals surface area contributed by atoms with Crippen LogP contribution in [0.1, 0.15) is 113 Å². The van der Waals surface area contributed by atoms with Crippen LogP contribution in [-0.4, -0.2) is 180 Å². The third kappa shape index (κ3) is 7.87. The Labute approximate surface area is 387 Å². The lowest BCUT2D eigenvalue weighted by Crippen LogP contribution is -2.66. The Balaban J connectivity index is 0.976. The van der Waals surface area contributed by atoms with Gasteiger partial charge in [-0.1, -0.05) is 53.2 Å². The SMILES string of the molecule is CC1OC(OC2C(CO)OC(OCC3OC(OC(=O)C45CCC(C)(C)CC4C4=CCC6C7(C)CCC(O)C(C)(CO)C7CCC6(C)C4(C)CC5)C(O)C(O)C3O)C(O)C2O)C(O)C(O)C1O. The lowest BCUT2D eigenvalue weighted by Gasteiger charge is -2.71. The van der Waals surface area contributed by atoms with Crippen molar-refractivity contribution in [2.24, 2.45) is 50.2 Å². The predicted molar refractivity (Wildman–Crippen MR) is 230 cm³/mol. The highest BCUT2D eigenvalue weighted by Gasteiger charge is 2.70. The van der Waals surface area contributed by atoms with Gasteiger partial charge in [-0.3, -0.25) is 4.79 Å². The van der Waals surface area contributed by atoms with E-state index in [0.717, 1.165) is 44.9 Å². The van der Waals surface area contributed by atoms with Gasteiger partial charge >= 0.3 is 5.97 Å². The summed E-state index contributed by atoms with van der Waals surface area (Å²) < 4.78 is 34.7. The van der Waals surface area contributed by atoms with Crippen LogP contribution in [0.4, 0.5) is 0 Å². The van der Waals surface area contributed by atoms with Crippen molar-refractivity contribution >= 4 is 5.97 Å². The van der Waals surface area contributed by atoms with Crippen LogP contribution >= 0.6 is 0 Å². The van der Waals surface area contributed by atoms with E-state index in [1.54, 1.807) is 0 Å². The monoisotopic (exact) mass is 943 g/mol. The van der Waals surface area contributed by atoms with Crippen LogP contribution in [0.25, 0.3) is 0 Å². The zero-order chi connectivity index (χ0) is 48.3. The highest BCUT2D eigenvalue weighted by atomic mass is 16.8. The first-order chi connectivity index (χ1) is 30.8. The molecule has 3 saturated heterocycles. The standard InChI is InChI=1S/C48H78O18/c1-22-30(52)32(54)35(57)40(62-22)65-38-25(19-49)63-39(37(59)34(38)56)61-20-26-31(53)33(55)36(58)41(64-26)66-42(60)48-16-14-43(2,3)18-24(48)23-8-9-28-44(4)12-11-29(51)45(5,21-50)27(44)10-13-47(28,7)46(23,6)15-17-48/h8,22,24-41,49-59H,9-21H2,1-7H3. The molecule has 0 amide bonds. The number of rotatable bonds is 9. The van der Waals surface area contributed by atoms with Crippen LogP contribution in [0, 0.1) is 50.2 Å². The van der Waals surface area contributed by atoms with Crippen molar-refractivity contribution in [2.75, 3.05) is 19.8 Å². The van der Waals surface area contributed by atoms with E-state index in [4.69, 9.17) is 28.4 Å². The fourth-order valence-electron chi connectivity index (χ4n) is 14.8. The van der Waals surface area contributed by atoms with Crippen LogP contribution in [-0.2, 0) is 33.2 Å². The molecule has 18 heteroatoms. The number of aliphatic hydroxyl groups is 11. The van der Waals surface area contributed by atoms with Gasteiger partial charge in [-0.2, -0.15) is 0 Å². The van der Waals surface area contributed by atoms with Crippen LogP contribution in [0.3, 0.4) is 0 Å². The van der Waals surface area contributed by atoms with E-state index in [1.807, 2.05) is 6.92 Å². The Bertz CT molecular complexity index is 1800. The van der Waals surface area contributed by atoms with Gasteiger partial charge in [0, 0.05) is 5.41 Å². The molecule has 3 heterocycles. The van der Waals surface area contributed by atoms with E-state index in [9.17, 15) is 61.0 Å². The van der Waals surface area contributed by atoms with Crippen molar-refractivity contribution in [1.29, 1.82) is 0 Å². The summed E-state index contributed by atoms with van der Waals surface area (Å²) in [7, 11) is 0. The number of carbonyl (C=O) groups is 1. The largest absolute Gasteiger partial charge is 0.432 e. The maximum Gasteiger partial charge on any atom is 0.315 e. The van der Waals surface area contributed by atoms with Crippen molar-refractivity contribution in [3.05, 3.63) is 11.6 Å². The van der Waals surface area contributed by atoms with Crippen LogP contribution in [0.2, 0.25) is 0 Å². The van der Waals surface area contributed by atoms with Gasteiger partial charge in [-0.15, -0.1) is 0 Å². The molecule has 0 radical (unpaired) electrons. The third-order valence-corrected chi connectivity index (χ3v) is 19.4. The van der Waals surface area contributed by atoms with E-state index in [1.165, 1.54) is 12.5 Å². The second-order valence-corrected chi connectivity index (χ2v) is 23.3. The van der Waals surface area contributed by atoms with Gasteiger partial charge in [0.05, 0.1) is 37.4 Å². The highest BCUT2D eigenvalue weighted by molar-refractivity contribution is 5.79. The molecule has 378 valence electrons. The molecular formula is C48H78O18. The summed E-state index contributed by atoms with van der Waals surface area (Å²) in [6, 6.07) is 0. The second-order valence-electron chi connectivity index (χ2n) is 23.3. The van der Waals surface area contributed by atoms with E-state index >= 15 is 0 Å². The molecule has 24 atom stereocenters. The lowest BCUT2D eigenvalue weighted by molar-refractivity contribution is -0.361. The number of carbonyl (C=O) groups excluding carboxylic acids is 1. The Hall–Kier alpha value is -1.43. The molecule has 5 aliphatic carbocycles. The summed E-state index contributed by atoms with van der Waals surface area (Å²) in [5.74, 6) is -0.273. The molecule has 0 bridgehead atoms. The number of aliphatic hydroxyl groups excluding tert-OH is 11.